The van der Waals surface area contributed by atoms with Crippen LogP contribution < -0.4 is 0 Å². The Morgan fingerprint density at radius 3 is 2.36 bits per heavy atom. The maximum atomic E-state index is 12.5. The molecule has 4 heteroatoms. The number of halogens is 3. The third kappa shape index (κ3) is 2.00. The van der Waals surface area contributed by atoms with Crippen LogP contribution in [0, 0.1) is 5.92 Å². The van der Waals surface area contributed by atoms with E-state index in [1.807, 2.05) is 0 Å². The molecule has 1 aliphatic rings. The molecule has 2 atom stereocenters. The highest BCUT2D eigenvalue weighted by Gasteiger charge is 2.49. The molecule has 1 nitrogen and oxygen atoms in total. The number of hydrogen-bond donors (Lipinski definition) is 0. The molecule has 0 fully saturated rings. The molecule has 80 valence electrons. The average Bonchev–Trinajstić information content (AvgIpc) is 2.16. The van der Waals surface area contributed by atoms with Crippen LogP contribution in [0.25, 0.3) is 0 Å². The van der Waals surface area contributed by atoms with E-state index in [2.05, 4.69) is 0 Å². The van der Waals surface area contributed by atoms with E-state index in [0.29, 0.717) is 0 Å². The average molecular weight is 206 g/mol. The molecule has 0 aliphatic heterocycles. The van der Waals surface area contributed by atoms with Crippen molar-refractivity contribution in [3.05, 3.63) is 24.3 Å². The van der Waals surface area contributed by atoms with Gasteiger partial charge in [0, 0.05) is 7.11 Å². The SMILES string of the molecule is COC1(C(C)C(F)(F)F)C=CC=CC1. The number of allylic oxidation sites excluding steroid dienone is 2. The third-order valence-corrected chi connectivity index (χ3v) is 2.67. The Morgan fingerprint density at radius 2 is 2.00 bits per heavy atom. The van der Waals surface area contributed by atoms with Crippen molar-refractivity contribution in [3.8, 4) is 0 Å². The normalized spacial score (nSPS) is 29.2. The molecule has 0 bridgehead atoms. The Bertz CT molecular complexity index is 255. The Kier molecular flexibility index (Phi) is 3.04. The van der Waals surface area contributed by atoms with Crippen molar-refractivity contribution in [2.75, 3.05) is 7.11 Å². The molecule has 1 aliphatic carbocycles. The highest BCUT2D eigenvalue weighted by molar-refractivity contribution is 5.20. The van der Waals surface area contributed by atoms with Crippen molar-refractivity contribution in [2.45, 2.75) is 25.1 Å². The van der Waals surface area contributed by atoms with Gasteiger partial charge in [0.1, 0.15) is 5.60 Å². The molecule has 0 aromatic heterocycles. The van der Waals surface area contributed by atoms with Crippen LogP contribution in [-0.2, 0) is 4.74 Å². The van der Waals surface area contributed by atoms with Crippen LogP contribution in [0.2, 0.25) is 0 Å². The zero-order valence-electron chi connectivity index (χ0n) is 8.14. The van der Waals surface area contributed by atoms with Gasteiger partial charge in [0.05, 0.1) is 5.92 Å². The second-order valence-electron chi connectivity index (χ2n) is 3.41. The lowest BCUT2D eigenvalue weighted by Crippen LogP contribution is -2.44. The molecule has 0 aromatic rings. The van der Waals surface area contributed by atoms with Gasteiger partial charge in [0.2, 0.25) is 0 Å². The summed E-state index contributed by atoms with van der Waals surface area (Å²) in [6.07, 6.45) is 2.51. The van der Waals surface area contributed by atoms with Crippen molar-refractivity contribution >= 4 is 0 Å². The molecule has 0 saturated heterocycles. The summed E-state index contributed by atoms with van der Waals surface area (Å²) < 4.78 is 42.6. The standard InChI is InChI=1S/C10H13F3O/c1-8(10(11,12)13)9(14-2)6-4-3-5-7-9/h3-6,8H,7H2,1-2H3. The monoisotopic (exact) mass is 206 g/mol. The summed E-state index contributed by atoms with van der Waals surface area (Å²) in [5, 5.41) is 0. The zero-order chi connectivity index (χ0) is 10.8. The van der Waals surface area contributed by atoms with E-state index in [1.165, 1.54) is 13.2 Å². The molecule has 0 heterocycles. The van der Waals surface area contributed by atoms with Crippen LogP contribution >= 0.6 is 0 Å². The molecule has 2 unspecified atom stereocenters. The summed E-state index contributed by atoms with van der Waals surface area (Å²) in [6.45, 7) is 1.15. The van der Waals surface area contributed by atoms with Gasteiger partial charge in [-0.1, -0.05) is 31.2 Å². The molecular formula is C10H13F3O. The van der Waals surface area contributed by atoms with E-state index in [9.17, 15) is 13.2 Å². The highest BCUT2D eigenvalue weighted by Crippen LogP contribution is 2.40. The minimum absolute atomic E-state index is 0.265. The van der Waals surface area contributed by atoms with Crippen LogP contribution in [0.1, 0.15) is 13.3 Å². The minimum Gasteiger partial charge on any atom is -0.373 e. The topological polar surface area (TPSA) is 9.23 Å². The summed E-state index contributed by atoms with van der Waals surface area (Å²) in [5.41, 5.74) is -1.23. The first kappa shape index (κ1) is 11.3. The molecule has 0 aromatic carbocycles. The van der Waals surface area contributed by atoms with Gasteiger partial charge in [-0.05, 0) is 6.42 Å². The highest BCUT2D eigenvalue weighted by atomic mass is 19.4. The van der Waals surface area contributed by atoms with E-state index >= 15 is 0 Å². The van der Waals surface area contributed by atoms with Gasteiger partial charge in [-0.3, -0.25) is 0 Å². The lowest BCUT2D eigenvalue weighted by molar-refractivity contribution is -0.215. The van der Waals surface area contributed by atoms with E-state index < -0.39 is 17.7 Å². The van der Waals surface area contributed by atoms with Gasteiger partial charge >= 0.3 is 6.18 Å². The van der Waals surface area contributed by atoms with Gasteiger partial charge in [-0.25, -0.2) is 0 Å². The fourth-order valence-electron chi connectivity index (χ4n) is 1.54. The van der Waals surface area contributed by atoms with Crippen LogP contribution in [0.3, 0.4) is 0 Å². The van der Waals surface area contributed by atoms with Crippen molar-refractivity contribution in [2.24, 2.45) is 5.92 Å². The molecular weight excluding hydrogens is 193 g/mol. The largest absolute Gasteiger partial charge is 0.394 e. The van der Waals surface area contributed by atoms with E-state index in [0.717, 1.165) is 6.92 Å². The van der Waals surface area contributed by atoms with Gasteiger partial charge in [0.25, 0.3) is 0 Å². The molecule has 0 spiro atoms. The van der Waals surface area contributed by atoms with Gasteiger partial charge < -0.3 is 4.74 Å². The maximum absolute atomic E-state index is 12.5. The zero-order valence-corrected chi connectivity index (χ0v) is 8.14. The minimum atomic E-state index is -4.23. The summed E-state index contributed by atoms with van der Waals surface area (Å²) in [6, 6.07) is 0. The Hall–Kier alpha value is -0.770. The van der Waals surface area contributed by atoms with Crippen LogP contribution in [-0.4, -0.2) is 18.9 Å². The first-order chi connectivity index (χ1) is 6.42. The third-order valence-electron chi connectivity index (χ3n) is 2.67. The fourth-order valence-corrected chi connectivity index (χ4v) is 1.54. The quantitative estimate of drug-likeness (QED) is 0.674. The molecule has 0 N–H and O–H groups in total. The van der Waals surface area contributed by atoms with E-state index in [1.54, 1.807) is 18.2 Å². The molecule has 0 radical (unpaired) electrons. The summed E-state index contributed by atoms with van der Waals surface area (Å²) in [4.78, 5) is 0. The number of hydrogen-bond acceptors (Lipinski definition) is 1. The second kappa shape index (κ2) is 3.77. The van der Waals surface area contributed by atoms with E-state index in [4.69, 9.17) is 4.74 Å². The number of rotatable bonds is 2. The van der Waals surface area contributed by atoms with Crippen molar-refractivity contribution in [1.82, 2.24) is 0 Å². The van der Waals surface area contributed by atoms with Gasteiger partial charge in [-0.2, -0.15) is 13.2 Å². The molecule has 0 amide bonds. The smallest absolute Gasteiger partial charge is 0.373 e. The van der Waals surface area contributed by atoms with Crippen LogP contribution in [0.4, 0.5) is 13.2 Å². The number of ether oxygens (including phenoxy) is 1. The summed E-state index contributed by atoms with van der Waals surface area (Å²) in [5.74, 6) is -1.50. The van der Waals surface area contributed by atoms with Gasteiger partial charge in [-0.15, -0.1) is 0 Å². The molecule has 1 rings (SSSR count). The van der Waals surface area contributed by atoms with Crippen molar-refractivity contribution < 1.29 is 17.9 Å². The number of methoxy groups -OCH3 is 1. The van der Waals surface area contributed by atoms with E-state index in [-0.39, 0.29) is 6.42 Å². The lowest BCUT2D eigenvalue weighted by atomic mass is 9.82. The Labute approximate surface area is 81.2 Å². The van der Waals surface area contributed by atoms with Crippen molar-refractivity contribution in [1.29, 1.82) is 0 Å². The molecule has 14 heavy (non-hydrogen) atoms. The number of alkyl halides is 3. The van der Waals surface area contributed by atoms with Crippen molar-refractivity contribution in [3.63, 3.8) is 0 Å². The maximum Gasteiger partial charge on any atom is 0.394 e. The lowest BCUT2D eigenvalue weighted by Gasteiger charge is -2.36. The fraction of sp³-hybridized carbons (Fsp3) is 0.600. The predicted molar refractivity (Wildman–Crippen MR) is 47.9 cm³/mol. The predicted octanol–water partition coefficient (Wildman–Crippen LogP) is 3.09. The first-order valence-electron chi connectivity index (χ1n) is 4.38. The van der Waals surface area contributed by atoms with Crippen LogP contribution in [0.15, 0.2) is 24.3 Å². The van der Waals surface area contributed by atoms with Crippen LogP contribution in [0.5, 0.6) is 0 Å². The summed E-state index contributed by atoms with van der Waals surface area (Å²) in [7, 11) is 1.31. The summed E-state index contributed by atoms with van der Waals surface area (Å²) >= 11 is 0. The first-order valence-corrected chi connectivity index (χ1v) is 4.38. The van der Waals surface area contributed by atoms with Gasteiger partial charge in [0.15, 0.2) is 0 Å². The molecule has 0 saturated carbocycles. The Balaban J connectivity index is 2.91. The second-order valence-corrected chi connectivity index (χ2v) is 3.41. The Morgan fingerprint density at radius 1 is 1.36 bits per heavy atom.